The lowest BCUT2D eigenvalue weighted by molar-refractivity contribution is -0.137. The molecular formula is C16H21F3N4O4. The normalized spacial score (nSPS) is 13.2. The van der Waals surface area contributed by atoms with Gasteiger partial charge in [-0.15, -0.1) is 0 Å². The van der Waals surface area contributed by atoms with Crippen molar-refractivity contribution in [3.63, 3.8) is 0 Å². The van der Waals surface area contributed by atoms with Gasteiger partial charge in [0, 0.05) is 0 Å². The van der Waals surface area contributed by atoms with Crippen molar-refractivity contribution < 1.29 is 32.3 Å². The maximum Gasteiger partial charge on any atom is 0.416 e. The highest BCUT2D eigenvalue weighted by molar-refractivity contribution is 5.88. The monoisotopic (exact) mass is 390 g/mol. The summed E-state index contributed by atoms with van der Waals surface area (Å²) in [7, 11) is 0. The number of nitrogens with two attached hydrogens (primary N) is 1. The Labute approximate surface area is 153 Å². The number of halogens is 3. The third-order valence-corrected chi connectivity index (χ3v) is 3.65. The third kappa shape index (κ3) is 7.42. The first-order chi connectivity index (χ1) is 12.5. The van der Waals surface area contributed by atoms with Gasteiger partial charge >= 0.3 is 12.2 Å². The van der Waals surface area contributed by atoms with Gasteiger partial charge in [-0.3, -0.25) is 20.4 Å². The van der Waals surface area contributed by atoms with E-state index in [9.17, 15) is 27.6 Å². The second-order valence-corrected chi connectivity index (χ2v) is 5.72. The summed E-state index contributed by atoms with van der Waals surface area (Å²) in [6.45, 7) is 2.88. The molecule has 1 rings (SSSR count). The highest BCUT2D eigenvalue weighted by Crippen LogP contribution is 2.31. The molecule has 150 valence electrons. The lowest BCUT2D eigenvalue weighted by atomic mass is 9.99. The SMILES string of the molecule is CC[C@H](C)[C@@H](NC(N)=O)C(=O)NNC(=O)COc1cccc(C(F)(F)F)c1. The molecule has 0 spiro atoms. The first-order valence-corrected chi connectivity index (χ1v) is 7.99. The molecule has 1 aromatic rings. The summed E-state index contributed by atoms with van der Waals surface area (Å²) in [5, 5.41) is 2.27. The highest BCUT2D eigenvalue weighted by atomic mass is 19.4. The fourth-order valence-electron chi connectivity index (χ4n) is 2.01. The van der Waals surface area contributed by atoms with Crippen LogP contribution in [0.15, 0.2) is 24.3 Å². The minimum absolute atomic E-state index is 0.154. The smallest absolute Gasteiger partial charge is 0.416 e. The summed E-state index contributed by atoms with van der Waals surface area (Å²) in [5.41, 5.74) is 8.26. The molecule has 8 nitrogen and oxygen atoms in total. The van der Waals surface area contributed by atoms with Crippen LogP contribution in [0.1, 0.15) is 25.8 Å². The van der Waals surface area contributed by atoms with Crippen molar-refractivity contribution in [2.45, 2.75) is 32.5 Å². The van der Waals surface area contributed by atoms with E-state index in [0.29, 0.717) is 6.42 Å². The molecule has 0 heterocycles. The summed E-state index contributed by atoms with van der Waals surface area (Å²) in [6.07, 6.45) is -3.97. The second-order valence-electron chi connectivity index (χ2n) is 5.72. The number of ether oxygens (including phenoxy) is 1. The van der Waals surface area contributed by atoms with Gasteiger partial charge in [0.05, 0.1) is 5.56 Å². The van der Waals surface area contributed by atoms with Gasteiger partial charge in [0.1, 0.15) is 11.8 Å². The Morgan fingerprint density at radius 3 is 2.44 bits per heavy atom. The van der Waals surface area contributed by atoms with Gasteiger partial charge in [0.15, 0.2) is 6.61 Å². The first-order valence-electron chi connectivity index (χ1n) is 7.99. The number of carbonyl (C=O) groups excluding carboxylic acids is 3. The molecule has 0 saturated heterocycles. The molecule has 0 aliphatic heterocycles. The lowest BCUT2D eigenvalue weighted by Crippen LogP contribution is -2.56. The Bertz CT molecular complexity index is 682. The Balaban J connectivity index is 2.55. The van der Waals surface area contributed by atoms with Crippen LogP contribution >= 0.6 is 0 Å². The molecule has 5 N–H and O–H groups in total. The second kappa shape index (κ2) is 9.64. The molecule has 1 aromatic carbocycles. The fraction of sp³-hybridized carbons (Fsp3) is 0.438. The minimum atomic E-state index is -4.53. The quantitative estimate of drug-likeness (QED) is 0.524. The number of hydrogen-bond donors (Lipinski definition) is 4. The number of hydrazine groups is 1. The molecule has 11 heteroatoms. The molecule has 0 aliphatic rings. The van der Waals surface area contributed by atoms with E-state index in [1.807, 2.05) is 0 Å². The summed E-state index contributed by atoms with van der Waals surface area (Å²) in [6, 6.07) is 2.17. The van der Waals surface area contributed by atoms with Crippen molar-refractivity contribution in [2.24, 2.45) is 11.7 Å². The summed E-state index contributed by atoms with van der Waals surface area (Å²) in [5.74, 6) is -1.91. The summed E-state index contributed by atoms with van der Waals surface area (Å²) >= 11 is 0. The lowest BCUT2D eigenvalue weighted by Gasteiger charge is -2.22. The van der Waals surface area contributed by atoms with Crippen LogP contribution in [0.5, 0.6) is 5.75 Å². The Morgan fingerprint density at radius 1 is 1.22 bits per heavy atom. The van der Waals surface area contributed by atoms with Crippen LogP contribution in [0.2, 0.25) is 0 Å². The van der Waals surface area contributed by atoms with Crippen molar-refractivity contribution in [3.05, 3.63) is 29.8 Å². The van der Waals surface area contributed by atoms with E-state index in [4.69, 9.17) is 10.5 Å². The van der Waals surface area contributed by atoms with Crippen LogP contribution < -0.4 is 26.6 Å². The van der Waals surface area contributed by atoms with E-state index in [1.165, 1.54) is 6.07 Å². The van der Waals surface area contributed by atoms with Crippen molar-refractivity contribution in [2.75, 3.05) is 6.61 Å². The fourth-order valence-corrected chi connectivity index (χ4v) is 2.01. The number of primary amides is 1. The first kappa shape index (κ1) is 22.1. The van der Waals surface area contributed by atoms with E-state index in [1.54, 1.807) is 13.8 Å². The largest absolute Gasteiger partial charge is 0.484 e. The van der Waals surface area contributed by atoms with Crippen molar-refractivity contribution in [1.82, 2.24) is 16.2 Å². The molecular weight excluding hydrogens is 369 g/mol. The van der Waals surface area contributed by atoms with Crippen LogP contribution in [-0.4, -0.2) is 30.5 Å². The minimum Gasteiger partial charge on any atom is -0.484 e. The number of alkyl halides is 3. The number of urea groups is 1. The van der Waals surface area contributed by atoms with Crippen LogP contribution in [-0.2, 0) is 15.8 Å². The van der Waals surface area contributed by atoms with E-state index < -0.39 is 42.2 Å². The van der Waals surface area contributed by atoms with E-state index >= 15 is 0 Å². The number of rotatable bonds is 7. The number of hydrogen-bond acceptors (Lipinski definition) is 4. The van der Waals surface area contributed by atoms with Crippen LogP contribution in [0.4, 0.5) is 18.0 Å². The number of benzene rings is 1. The van der Waals surface area contributed by atoms with Gasteiger partial charge < -0.3 is 15.8 Å². The molecule has 0 saturated carbocycles. The average molecular weight is 390 g/mol. The zero-order valence-corrected chi connectivity index (χ0v) is 14.7. The summed E-state index contributed by atoms with van der Waals surface area (Å²) < 4.78 is 42.8. The Morgan fingerprint density at radius 2 is 1.89 bits per heavy atom. The summed E-state index contributed by atoms with van der Waals surface area (Å²) in [4.78, 5) is 34.7. The molecule has 27 heavy (non-hydrogen) atoms. The zero-order chi connectivity index (χ0) is 20.6. The van der Waals surface area contributed by atoms with Gasteiger partial charge in [-0.2, -0.15) is 13.2 Å². The van der Waals surface area contributed by atoms with Crippen molar-refractivity contribution in [3.8, 4) is 5.75 Å². The van der Waals surface area contributed by atoms with E-state index in [2.05, 4.69) is 16.2 Å². The maximum absolute atomic E-state index is 12.6. The molecule has 0 bridgehead atoms. The predicted octanol–water partition coefficient (Wildman–Crippen LogP) is 1.31. The van der Waals surface area contributed by atoms with Crippen LogP contribution in [0, 0.1) is 5.92 Å². The van der Waals surface area contributed by atoms with Gasteiger partial charge in [-0.25, -0.2) is 4.79 Å². The van der Waals surface area contributed by atoms with Gasteiger partial charge in [-0.1, -0.05) is 26.3 Å². The molecule has 0 fully saturated rings. The van der Waals surface area contributed by atoms with Crippen molar-refractivity contribution in [1.29, 1.82) is 0 Å². The third-order valence-electron chi connectivity index (χ3n) is 3.65. The van der Waals surface area contributed by atoms with Gasteiger partial charge in [-0.05, 0) is 24.1 Å². The van der Waals surface area contributed by atoms with Crippen LogP contribution in [0.3, 0.4) is 0 Å². The number of carbonyl (C=O) groups is 3. The Hall–Kier alpha value is -2.98. The molecule has 0 unspecified atom stereocenters. The van der Waals surface area contributed by atoms with E-state index in [0.717, 1.165) is 18.2 Å². The zero-order valence-electron chi connectivity index (χ0n) is 14.7. The molecule has 0 aliphatic carbocycles. The molecule has 0 aromatic heterocycles. The number of nitrogens with one attached hydrogen (secondary N) is 3. The van der Waals surface area contributed by atoms with Crippen LogP contribution in [0.25, 0.3) is 0 Å². The maximum atomic E-state index is 12.6. The predicted molar refractivity (Wildman–Crippen MR) is 89.2 cm³/mol. The molecule has 2 atom stereocenters. The van der Waals surface area contributed by atoms with Gasteiger partial charge in [0.25, 0.3) is 11.8 Å². The highest BCUT2D eigenvalue weighted by Gasteiger charge is 2.30. The standard InChI is InChI=1S/C16H21F3N4O4/c1-3-9(2)13(21-15(20)26)14(25)23-22-12(24)8-27-11-6-4-5-10(7-11)16(17,18)19/h4-7,9,13H,3,8H2,1-2H3,(H,22,24)(H,23,25)(H3,20,21,26)/t9-,13+/m0/s1. The number of amides is 4. The Kier molecular flexibility index (Phi) is 7.88. The molecule has 0 radical (unpaired) electrons. The average Bonchev–Trinajstić information content (AvgIpc) is 2.61. The topological polar surface area (TPSA) is 123 Å². The van der Waals surface area contributed by atoms with E-state index in [-0.39, 0.29) is 11.7 Å². The van der Waals surface area contributed by atoms with Crippen molar-refractivity contribution >= 4 is 17.8 Å². The molecule has 4 amide bonds. The van der Waals surface area contributed by atoms with Gasteiger partial charge in [0.2, 0.25) is 0 Å².